The summed E-state index contributed by atoms with van der Waals surface area (Å²) in [5, 5.41) is 7.52. The number of ether oxygens (including phenoxy) is 2. The van der Waals surface area contributed by atoms with E-state index in [2.05, 4.69) is 39.6 Å². The van der Waals surface area contributed by atoms with E-state index in [0.29, 0.717) is 5.13 Å². The lowest BCUT2D eigenvalue weighted by Crippen LogP contribution is -2.41. The van der Waals surface area contributed by atoms with Gasteiger partial charge in [-0.25, -0.2) is 9.78 Å². The zero-order chi connectivity index (χ0) is 21.7. The Hall–Kier alpha value is -2.65. The van der Waals surface area contributed by atoms with E-state index in [0.717, 1.165) is 36.6 Å². The van der Waals surface area contributed by atoms with Gasteiger partial charge in [0.2, 0.25) is 5.91 Å². The van der Waals surface area contributed by atoms with Crippen LogP contribution in [0.1, 0.15) is 27.7 Å². The van der Waals surface area contributed by atoms with Crippen molar-refractivity contribution in [3.05, 3.63) is 29.6 Å². The SMILES string of the molecule is CC1CN(c2cccc(-c3csc(NC(=O)CNC(=O)OC(C)(C)C)n3)c2)CCO1. The van der Waals surface area contributed by atoms with Crippen LogP contribution in [-0.2, 0) is 14.3 Å². The molecule has 0 spiro atoms. The Labute approximate surface area is 180 Å². The number of anilines is 2. The zero-order valence-corrected chi connectivity index (χ0v) is 18.5. The van der Waals surface area contributed by atoms with Crippen molar-refractivity contribution in [2.75, 3.05) is 36.5 Å². The van der Waals surface area contributed by atoms with Gasteiger partial charge in [-0.2, -0.15) is 0 Å². The number of thiazole rings is 1. The van der Waals surface area contributed by atoms with Crippen molar-refractivity contribution in [2.45, 2.75) is 39.4 Å². The molecule has 30 heavy (non-hydrogen) atoms. The van der Waals surface area contributed by atoms with Crippen LogP contribution in [0.5, 0.6) is 0 Å². The van der Waals surface area contributed by atoms with Crippen molar-refractivity contribution >= 4 is 34.2 Å². The van der Waals surface area contributed by atoms with Crippen LogP contribution in [0, 0.1) is 0 Å². The van der Waals surface area contributed by atoms with E-state index in [1.165, 1.54) is 11.3 Å². The number of morpholine rings is 1. The molecule has 1 saturated heterocycles. The number of rotatable bonds is 5. The molecule has 2 N–H and O–H groups in total. The number of aromatic nitrogens is 1. The number of benzene rings is 1. The maximum Gasteiger partial charge on any atom is 0.408 e. The molecular weight excluding hydrogens is 404 g/mol. The second-order valence-electron chi connectivity index (χ2n) is 8.12. The minimum absolute atomic E-state index is 0.186. The van der Waals surface area contributed by atoms with Gasteiger partial charge in [0.25, 0.3) is 0 Å². The predicted molar refractivity (Wildman–Crippen MR) is 118 cm³/mol. The van der Waals surface area contributed by atoms with E-state index in [-0.39, 0.29) is 18.6 Å². The average Bonchev–Trinajstić information content (AvgIpc) is 3.14. The van der Waals surface area contributed by atoms with Crippen LogP contribution in [0.25, 0.3) is 11.3 Å². The quantitative estimate of drug-likeness (QED) is 0.751. The first-order valence-electron chi connectivity index (χ1n) is 9.89. The highest BCUT2D eigenvalue weighted by atomic mass is 32.1. The largest absolute Gasteiger partial charge is 0.444 e. The summed E-state index contributed by atoms with van der Waals surface area (Å²) in [6.07, 6.45) is -0.426. The van der Waals surface area contributed by atoms with Gasteiger partial charge in [-0.3, -0.25) is 4.79 Å². The lowest BCUT2D eigenvalue weighted by molar-refractivity contribution is -0.115. The van der Waals surface area contributed by atoms with Crippen molar-refractivity contribution in [1.29, 1.82) is 0 Å². The highest BCUT2D eigenvalue weighted by molar-refractivity contribution is 7.14. The highest BCUT2D eigenvalue weighted by Gasteiger charge is 2.19. The van der Waals surface area contributed by atoms with E-state index < -0.39 is 11.7 Å². The van der Waals surface area contributed by atoms with Crippen LogP contribution in [0.15, 0.2) is 29.6 Å². The maximum atomic E-state index is 12.1. The van der Waals surface area contributed by atoms with Gasteiger partial charge >= 0.3 is 6.09 Å². The zero-order valence-electron chi connectivity index (χ0n) is 17.7. The molecule has 1 fully saturated rings. The molecule has 1 unspecified atom stereocenters. The Morgan fingerprint density at radius 3 is 2.90 bits per heavy atom. The van der Waals surface area contributed by atoms with Crippen LogP contribution in [-0.4, -0.2) is 54.9 Å². The van der Waals surface area contributed by atoms with Crippen molar-refractivity contribution in [1.82, 2.24) is 10.3 Å². The molecule has 0 bridgehead atoms. The molecule has 1 aliphatic heterocycles. The number of nitrogens with one attached hydrogen (secondary N) is 2. The molecule has 2 amide bonds. The van der Waals surface area contributed by atoms with Crippen LogP contribution in [0.4, 0.5) is 15.6 Å². The third-order valence-electron chi connectivity index (χ3n) is 4.29. The fourth-order valence-corrected chi connectivity index (χ4v) is 3.74. The van der Waals surface area contributed by atoms with Gasteiger partial charge in [0.1, 0.15) is 12.1 Å². The standard InChI is InChI=1S/C21H28N4O4S/c1-14-12-25(8-9-28-14)16-7-5-6-15(10-16)17-13-30-19(23-17)24-18(26)11-22-20(27)29-21(2,3)4/h5-7,10,13-14H,8-9,11-12H2,1-4H3,(H,22,27)(H,23,24,26). The number of carbonyl (C=O) groups is 2. The molecule has 1 aliphatic rings. The molecule has 1 atom stereocenters. The van der Waals surface area contributed by atoms with E-state index in [1.807, 2.05) is 17.5 Å². The second-order valence-corrected chi connectivity index (χ2v) is 8.98. The fraction of sp³-hybridized carbons (Fsp3) is 0.476. The summed E-state index contributed by atoms with van der Waals surface area (Å²) in [4.78, 5) is 30.5. The fourth-order valence-electron chi connectivity index (χ4n) is 3.01. The molecule has 162 valence electrons. The summed E-state index contributed by atoms with van der Waals surface area (Å²) in [7, 11) is 0. The predicted octanol–water partition coefficient (Wildman–Crippen LogP) is 3.50. The molecule has 9 heteroatoms. The first kappa shape index (κ1) is 22.0. The smallest absolute Gasteiger partial charge is 0.408 e. The number of carbonyl (C=O) groups excluding carboxylic acids is 2. The van der Waals surface area contributed by atoms with Gasteiger partial charge in [0.05, 0.1) is 18.4 Å². The number of nitrogens with zero attached hydrogens (tertiary/aromatic N) is 2. The maximum absolute atomic E-state index is 12.1. The summed E-state index contributed by atoms with van der Waals surface area (Å²) in [5.74, 6) is -0.363. The van der Waals surface area contributed by atoms with Gasteiger partial charge < -0.3 is 25.0 Å². The Morgan fingerprint density at radius 2 is 2.17 bits per heavy atom. The third-order valence-corrected chi connectivity index (χ3v) is 5.05. The number of alkyl carbamates (subject to hydrolysis) is 1. The monoisotopic (exact) mass is 432 g/mol. The van der Waals surface area contributed by atoms with Gasteiger partial charge in [0, 0.05) is 29.7 Å². The molecule has 1 aromatic carbocycles. The number of hydrogen-bond acceptors (Lipinski definition) is 7. The molecule has 2 aromatic rings. The second kappa shape index (κ2) is 9.44. The first-order valence-corrected chi connectivity index (χ1v) is 10.8. The molecule has 0 radical (unpaired) electrons. The van der Waals surface area contributed by atoms with E-state index >= 15 is 0 Å². The van der Waals surface area contributed by atoms with Crippen LogP contribution in [0.2, 0.25) is 0 Å². The molecule has 2 heterocycles. The Morgan fingerprint density at radius 1 is 1.37 bits per heavy atom. The van der Waals surface area contributed by atoms with Crippen LogP contribution < -0.4 is 15.5 Å². The van der Waals surface area contributed by atoms with Crippen molar-refractivity contribution in [2.24, 2.45) is 0 Å². The Kier molecular flexibility index (Phi) is 6.94. The van der Waals surface area contributed by atoms with Gasteiger partial charge in [-0.1, -0.05) is 12.1 Å². The van der Waals surface area contributed by atoms with E-state index in [1.54, 1.807) is 20.8 Å². The van der Waals surface area contributed by atoms with E-state index in [4.69, 9.17) is 9.47 Å². The molecule has 0 saturated carbocycles. The summed E-state index contributed by atoms with van der Waals surface area (Å²) < 4.78 is 10.7. The van der Waals surface area contributed by atoms with Gasteiger partial charge in [-0.05, 0) is 39.8 Å². The van der Waals surface area contributed by atoms with Crippen molar-refractivity contribution < 1.29 is 19.1 Å². The summed E-state index contributed by atoms with van der Waals surface area (Å²) >= 11 is 1.34. The molecule has 8 nitrogen and oxygen atoms in total. The summed E-state index contributed by atoms with van der Waals surface area (Å²) in [5.41, 5.74) is 2.29. The topological polar surface area (TPSA) is 92.8 Å². The molecular formula is C21H28N4O4S. The highest BCUT2D eigenvalue weighted by Crippen LogP contribution is 2.28. The van der Waals surface area contributed by atoms with Gasteiger partial charge in [0.15, 0.2) is 5.13 Å². The lowest BCUT2D eigenvalue weighted by Gasteiger charge is -2.33. The normalized spacial score (nSPS) is 16.8. The van der Waals surface area contributed by atoms with Crippen LogP contribution in [0.3, 0.4) is 0 Å². The van der Waals surface area contributed by atoms with Crippen molar-refractivity contribution in [3.63, 3.8) is 0 Å². The summed E-state index contributed by atoms with van der Waals surface area (Å²) in [6, 6.07) is 8.19. The van der Waals surface area contributed by atoms with Crippen molar-refractivity contribution in [3.8, 4) is 11.3 Å². The average molecular weight is 433 g/mol. The Bertz CT molecular complexity index is 893. The summed E-state index contributed by atoms with van der Waals surface area (Å²) in [6.45, 7) is 9.60. The molecule has 1 aromatic heterocycles. The van der Waals surface area contributed by atoms with Crippen LogP contribution >= 0.6 is 11.3 Å². The first-order chi connectivity index (χ1) is 14.2. The van der Waals surface area contributed by atoms with E-state index in [9.17, 15) is 9.59 Å². The number of amides is 2. The van der Waals surface area contributed by atoms with Gasteiger partial charge in [-0.15, -0.1) is 11.3 Å². The minimum Gasteiger partial charge on any atom is -0.444 e. The number of hydrogen-bond donors (Lipinski definition) is 2. The minimum atomic E-state index is -0.633. The molecule has 0 aliphatic carbocycles. The lowest BCUT2D eigenvalue weighted by atomic mass is 10.1. The Balaban J connectivity index is 1.58. The molecule has 3 rings (SSSR count). The third kappa shape index (κ3) is 6.43.